The molecule has 0 aromatic heterocycles. The van der Waals surface area contributed by atoms with E-state index in [-0.39, 0.29) is 0 Å². The number of fused-ring (bicyclic) bond motifs is 1. The van der Waals surface area contributed by atoms with Crippen LogP contribution >= 0.6 is 11.8 Å². The van der Waals surface area contributed by atoms with Crippen LogP contribution in [0.15, 0.2) is 42.5 Å². The Hall–Kier alpha value is -1.03. The van der Waals surface area contributed by atoms with Crippen LogP contribution in [0, 0.1) is 0 Å². The molecule has 21 heavy (non-hydrogen) atoms. The molecule has 2 aromatic carbocycles. The van der Waals surface area contributed by atoms with E-state index in [1.807, 2.05) is 11.8 Å². The molecule has 0 aliphatic carbocycles. The van der Waals surface area contributed by atoms with Crippen LogP contribution in [0.3, 0.4) is 0 Å². The molecule has 1 N–H and O–H groups in total. The van der Waals surface area contributed by atoms with Crippen molar-refractivity contribution in [2.45, 2.75) is 30.7 Å². The first-order chi connectivity index (χ1) is 10.3. The first-order valence-electron chi connectivity index (χ1n) is 7.67. The number of ether oxygens (including phenoxy) is 1. The van der Waals surface area contributed by atoms with E-state index in [4.69, 9.17) is 4.74 Å². The Labute approximate surface area is 131 Å². The Morgan fingerprint density at radius 2 is 2.05 bits per heavy atom. The molecule has 1 fully saturated rings. The molecule has 0 amide bonds. The summed E-state index contributed by atoms with van der Waals surface area (Å²) in [7, 11) is 2.06. The van der Waals surface area contributed by atoms with Gasteiger partial charge in [-0.05, 0) is 36.7 Å². The van der Waals surface area contributed by atoms with Crippen molar-refractivity contribution in [1.82, 2.24) is 5.32 Å². The number of benzene rings is 2. The van der Waals surface area contributed by atoms with Crippen LogP contribution in [0.25, 0.3) is 10.8 Å². The van der Waals surface area contributed by atoms with Gasteiger partial charge in [-0.2, -0.15) is 11.8 Å². The van der Waals surface area contributed by atoms with Crippen molar-refractivity contribution in [1.29, 1.82) is 0 Å². The second kappa shape index (κ2) is 6.82. The molecular formula is C18H23NOS. The highest BCUT2D eigenvalue weighted by Gasteiger charge is 2.25. The number of rotatable bonds is 5. The molecule has 3 rings (SSSR count). The van der Waals surface area contributed by atoms with Gasteiger partial charge < -0.3 is 10.1 Å². The van der Waals surface area contributed by atoms with Gasteiger partial charge in [0.1, 0.15) is 0 Å². The minimum absolute atomic E-state index is 0.383. The van der Waals surface area contributed by atoms with E-state index < -0.39 is 0 Å². The Balaban J connectivity index is 1.78. The minimum Gasteiger partial charge on any atom is -0.377 e. The summed E-state index contributed by atoms with van der Waals surface area (Å²) in [6.07, 6.45) is 1.57. The second-order valence-electron chi connectivity index (χ2n) is 5.65. The molecular weight excluding hydrogens is 278 g/mol. The number of nitrogens with one attached hydrogen (secondary N) is 1. The smallest absolute Gasteiger partial charge is 0.0666 e. The van der Waals surface area contributed by atoms with E-state index >= 15 is 0 Å². The first kappa shape index (κ1) is 14.9. The zero-order valence-corrected chi connectivity index (χ0v) is 13.5. The van der Waals surface area contributed by atoms with Gasteiger partial charge >= 0.3 is 0 Å². The van der Waals surface area contributed by atoms with Gasteiger partial charge in [0, 0.05) is 23.7 Å². The maximum atomic E-state index is 5.67. The molecule has 112 valence electrons. The van der Waals surface area contributed by atoms with Crippen molar-refractivity contribution in [2.24, 2.45) is 0 Å². The van der Waals surface area contributed by atoms with Crippen LogP contribution in [-0.4, -0.2) is 30.8 Å². The molecule has 1 heterocycles. The summed E-state index contributed by atoms with van der Waals surface area (Å²) in [5.41, 5.74) is 1.40. The highest BCUT2D eigenvalue weighted by molar-refractivity contribution is 8.00. The van der Waals surface area contributed by atoms with Crippen LogP contribution in [0.5, 0.6) is 0 Å². The van der Waals surface area contributed by atoms with E-state index in [2.05, 4.69) is 61.8 Å². The van der Waals surface area contributed by atoms with Crippen molar-refractivity contribution in [2.75, 3.05) is 19.4 Å². The molecule has 3 unspecified atom stereocenters. The van der Waals surface area contributed by atoms with Crippen molar-refractivity contribution >= 4 is 22.5 Å². The van der Waals surface area contributed by atoms with Crippen LogP contribution < -0.4 is 5.32 Å². The van der Waals surface area contributed by atoms with Crippen molar-refractivity contribution < 1.29 is 4.74 Å². The summed E-state index contributed by atoms with van der Waals surface area (Å²) < 4.78 is 5.67. The highest BCUT2D eigenvalue weighted by atomic mass is 32.2. The summed E-state index contributed by atoms with van der Waals surface area (Å²) in [6.45, 7) is 3.11. The van der Waals surface area contributed by atoms with Crippen molar-refractivity contribution in [3.63, 3.8) is 0 Å². The lowest BCUT2D eigenvalue weighted by Gasteiger charge is -2.21. The lowest BCUT2D eigenvalue weighted by Crippen LogP contribution is -2.22. The first-order valence-corrected chi connectivity index (χ1v) is 8.72. The fourth-order valence-electron chi connectivity index (χ4n) is 3.03. The Bertz CT molecular complexity index is 595. The topological polar surface area (TPSA) is 21.3 Å². The summed E-state index contributed by atoms with van der Waals surface area (Å²) >= 11 is 2.04. The number of thioether (sulfide) groups is 1. The predicted octanol–water partition coefficient (Wildman–Crippen LogP) is 4.01. The van der Waals surface area contributed by atoms with Crippen LogP contribution in [0.2, 0.25) is 0 Å². The maximum Gasteiger partial charge on any atom is 0.0666 e. The van der Waals surface area contributed by atoms with Gasteiger partial charge in [-0.3, -0.25) is 0 Å². The largest absolute Gasteiger partial charge is 0.377 e. The molecule has 2 aromatic rings. The normalized spacial score (nSPS) is 23.5. The van der Waals surface area contributed by atoms with E-state index in [9.17, 15) is 0 Å². The molecule has 1 saturated heterocycles. The Morgan fingerprint density at radius 3 is 2.81 bits per heavy atom. The van der Waals surface area contributed by atoms with Gasteiger partial charge in [0.25, 0.3) is 0 Å². The molecule has 0 bridgehead atoms. The van der Waals surface area contributed by atoms with Crippen molar-refractivity contribution in [3.05, 3.63) is 48.0 Å². The quantitative estimate of drug-likeness (QED) is 0.901. The van der Waals surface area contributed by atoms with Crippen LogP contribution in [-0.2, 0) is 4.74 Å². The third-order valence-corrected chi connectivity index (χ3v) is 5.90. The molecule has 3 heteroatoms. The van der Waals surface area contributed by atoms with Crippen molar-refractivity contribution in [3.8, 4) is 0 Å². The lowest BCUT2D eigenvalue weighted by molar-refractivity contribution is 0.127. The SMILES string of the molecule is CNC(CSC1CCOC1C)c1cccc2ccccc12. The average Bonchev–Trinajstić information content (AvgIpc) is 2.93. The Morgan fingerprint density at radius 1 is 1.24 bits per heavy atom. The van der Waals surface area contributed by atoms with E-state index in [0.717, 1.165) is 12.4 Å². The van der Waals surface area contributed by atoms with Gasteiger partial charge in [-0.1, -0.05) is 42.5 Å². The van der Waals surface area contributed by atoms with Crippen LogP contribution in [0.4, 0.5) is 0 Å². The number of hydrogen-bond acceptors (Lipinski definition) is 3. The summed E-state index contributed by atoms with van der Waals surface area (Å²) in [6, 6.07) is 15.6. The predicted molar refractivity (Wildman–Crippen MR) is 92.0 cm³/mol. The molecule has 2 nitrogen and oxygen atoms in total. The second-order valence-corrected chi connectivity index (χ2v) is 6.92. The molecule has 0 spiro atoms. The van der Waals surface area contributed by atoms with Gasteiger partial charge in [0.05, 0.1) is 6.10 Å². The molecule has 1 aliphatic rings. The fourth-order valence-corrected chi connectivity index (χ4v) is 4.43. The summed E-state index contributed by atoms with van der Waals surface area (Å²) in [5.74, 6) is 1.09. The molecule has 0 radical (unpaired) electrons. The highest BCUT2D eigenvalue weighted by Crippen LogP contribution is 2.32. The monoisotopic (exact) mass is 301 g/mol. The van der Waals surface area contributed by atoms with E-state index in [1.165, 1.54) is 22.8 Å². The zero-order chi connectivity index (χ0) is 14.7. The average molecular weight is 301 g/mol. The maximum absolute atomic E-state index is 5.67. The van der Waals surface area contributed by atoms with Gasteiger partial charge in [0.15, 0.2) is 0 Å². The summed E-state index contributed by atoms with van der Waals surface area (Å²) in [4.78, 5) is 0. The standard InChI is InChI=1S/C18H23NOS/c1-13-18(10-11-20-13)21-12-17(19-2)16-9-5-7-14-6-3-4-8-15(14)16/h3-9,13,17-19H,10-12H2,1-2H3. The zero-order valence-electron chi connectivity index (χ0n) is 12.7. The van der Waals surface area contributed by atoms with Crippen LogP contribution in [0.1, 0.15) is 24.9 Å². The molecule has 1 aliphatic heterocycles. The van der Waals surface area contributed by atoms with E-state index in [1.54, 1.807) is 0 Å². The lowest BCUT2D eigenvalue weighted by atomic mass is 10.00. The third-order valence-electron chi connectivity index (χ3n) is 4.33. The minimum atomic E-state index is 0.383. The fraction of sp³-hybridized carbons (Fsp3) is 0.444. The third kappa shape index (κ3) is 3.25. The number of hydrogen-bond donors (Lipinski definition) is 1. The van der Waals surface area contributed by atoms with Gasteiger partial charge in [0.2, 0.25) is 0 Å². The summed E-state index contributed by atoms with van der Waals surface area (Å²) in [5, 5.41) is 6.80. The van der Waals surface area contributed by atoms with Gasteiger partial charge in [-0.15, -0.1) is 0 Å². The molecule has 0 saturated carbocycles. The van der Waals surface area contributed by atoms with E-state index in [0.29, 0.717) is 17.4 Å². The van der Waals surface area contributed by atoms with Gasteiger partial charge in [-0.25, -0.2) is 0 Å². The Kier molecular flexibility index (Phi) is 4.84. The molecule has 3 atom stereocenters.